The lowest BCUT2D eigenvalue weighted by Crippen LogP contribution is -2.35. The molecule has 0 aliphatic heterocycles. The fourth-order valence-electron chi connectivity index (χ4n) is 3.09. The van der Waals surface area contributed by atoms with Crippen molar-refractivity contribution in [2.24, 2.45) is 5.92 Å². The van der Waals surface area contributed by atoms with Crippen LogP contribution in [0, 0.1) is 19.8 Å². The molecule has 0 amide bonds. The van der Waals surface area contributed by atoms with Gasteiger partial charge in [0.1, 0.15) is 12.4 Å². The molecular formula is C24H28N2O3S. The Morgan fingerprint density at radius 2 is 1.63 bits per heavy atom. The summed E-state index contributed by atoms with van der Waals surface area (Å²) in [5.74, 6) is 0.661. The van der Waals surface area contributed by atoms with Gasteiger partial charge >= 0.3 is 0 Å². The number of hydrogen-bond donors (Lipinski definition) is 0. The number of ether oxygens (including phenoxy) is 1. The maximum atomic E-state index is 13.5. The normalized spacial score (nSPS) is 11.5. The summed E-state index contributed by atoms with van der Waals surface area (Å²) in [4.78, 5) is 4.10. The molecule has 6 heteroatoms. The molecule has 0 fully saturated rings. The monoisotopic (exact) mass is 424 g/mol. The summed E-state index contributed by atoms with van der Waals surface area (Å²) in [6.07, 6.45) is 1.49. The number of hydrogen-bond acceptors (Lipinski definition) is 4. The van der Waals surface area contributed by atoms with Crippen molar-refractivity contribution < 1.29 is 13.2 Å². The molecule has 0 aliphatic carbocycles. The molecule has 0 saturated heterocycles. The highest BCUT2D eigenvalue weighted by molar-refractivity contribution is 7.92. The van der Waals surface area contributed by atoms with Gasteiger partial charge in [0.2, 0.25) is 0 Å². The highest BCUT2D eigenvalue weighted by Gasteiger charge is 2.29. The molecule has 1 heterocycles. The summed E-state index contributed by atoms with van der Waals surface area (Å²) in [7, 11) is -3.84. The van der Waals surface area contributed by atoms with Crippen LogP contribution in [0.25, 0.3) is 0 Å². The Hall–Kier alpha value is -2.86. The van der Waals surface area contributed by atoms with E-state index in [4.69, 9.17) is 4.74 Å². The van der Waals surface area contributed by atoms with Gasteiger partial charge in [0.25, 0.3) is 10.0 Å². The highest BCUT2D eigenvalue weighted by Crippen LogP contribution is 2.36. The molecule has 30 heavy (non-hydrogen) atoms. The minimum atomic E-state index is -3.84. The fraction of sp³-hybridized carbons (Fsp3) is 0.292. The summed E-state index contributed by atoms with van der Waals surface area (Å²) in [5.41, 5.74) is 3.60. The molecule has 0 saturated carbocycles. The van der Waals surface area contributed by atoms with E-state index in [2.05, 4.69) is 4.98 Å². The van der Waals surface area contributed by atoms with Crippen molar-refractivity contribution in [3.63, 3.8) is 0 Å². The Morgan fingerprint density at radius 3 is 2.27 bits per heavy atom. The van der Waals surface area contributed by atoms with Gasteiger partial charge in [0.15, 0.2) is 5.03 Å². The summed E-state index contributed by atoms with van der Waals surface area (Å²) in [6.45, 7) is 8.63. The van der Waals surface area contributed by atoms with Crippen LogP contribution in [0.4, 0.5) is 5.69 Å². The van der Waals surface area contributed by atoms with Crippen LogP contribution in [0.3, 0.4) is 0 Å². The molecule has 5 nitrogen and oxygen atoms in total. The second kappa shape index (κ2) is 9.30. The first kappa shape index (κ1) is 21.8. The standard InChI is InChI=1S/C24H28N2O3S/c1-18(2)16-26(30(27,28)24-12-8-9-13-25-24)22-14-19(3)20(4)15-23(22)29-17-21-10-6-5-7-11-21/h5-15,18H,16-17H2,1-4H3. The van der Waals surface area contributed by atoms with E-state index in [1.807, 2.05) is 70.2 Å². The van der Waals surface area contributed by atoms with Crippen molar-refractivity contribution in [3.05, 3.63) is 83.6 Å². The maximum absolute atomic E-state index is 13.5. The van der Waals surface area contributed by atoms with Crippen molar-refractivity contribution in [2.75, 3.05) is 10.8 Å². The molecule has 0 unspecified atom stereocenters. The zero-order valence-corrected chi connectivity index (χ0v) is 18.7. The van der Waals surface area contributed by atoms with Crippen LogP contribution in [-0.2, 0) is 16.6 Å². The maximum Gasteiger partial charge on any atom is 0.281 e. The lowest BCUT2D eigenvalue weighted by atomic mass is 10.1. The first-order chi connectivity index (χ1) is 14.3. The summed E-state index contributed by atoms with van der Waals surface area (Å²) >= 11 is 0. The largest absolute Gasteiger partial charge is 0.487 e. The summed E-state index contributed by atoms with van der Waals surface area (Å²) in [6, 6.07) is 18.5. The first-order valence-corrected chi connectivity index (χ1v) is 11.4. The van der Waals surface area contributed by atoms with Gasteiger partial charge in [-0.2, -0.15) is 8.42 Å². The van der Waals surface area contributed by atoms with Crippen LogP contribution in [0.5, 0.6) is 5.75 Å². The number of aryl methyl sites for hydroxylation is 2. The molecule has 0 radical (unpaired) electrons. The van der Waals surface area contributed by atoms with E-state index in [9.17, 15) is 8.42 Å². The fourth-order valence-corrected chi connectivity index (χ4v) is 4.66. The van der Waals surface area contributed by atoms with Gasteiger partial charge in [-0.1, -0.05) is 50.2 Å². The smallest absolute Gasteiger partial charge is 0.281 e. The van der Waals surface area contributed by atoms with Crippen LogP contribution >= 0.6 is 0 Å². The molecule has 1 aromatic heterocycles. The number of anilines is 1. The molecule has 2 aromatic carbocycles. The van der Waals surface area contributed by atoms with Crippen LogP contribution < -0.4 is 9.04 Å². The topological polar surface area (TPSA) is 59.5 Å². The summed E-state index contributed by atoms with van der Waals surface area (Å²) < 4.78 is 34.5. The van der Waals surface area contributed by atoms with Crippen LogP contribution in [0.2, 0.25) is 0 Å². The van der Waals surface area contributed by atoms with E-state index >= 15 is 0 Å². The molecule has 3 aromatic rings. The van der Waals surface area contributed by atoms with E-state index < -0.39 is 10.0 Å². The van der Waals surface area contributed by atoms with Gasteiger partial charge in [-0.3, -0.25) is 4.31 Å². The molecule has 0 N–H and O–H groups in total. The minimum absolute atomic E-state index is 0.0258. The third-order valence-corrected chi connectivity index (χ3v) is 6.50. The Kier molecular flexibility index (Phi) is 6.77. The van der Waals surface area contributed by atoms with Crippen molar-refractivity contribution in [1.29, 1.82) is 0 Å². The van der Waals surface area contributed by atoms with E-state index in [1.54, 1.807) is 12.1 Å². The molecule has 0 bridgehead atoms. The van der Waals surface area contributed by atoms with Crippen molar-refractivity contribution in [3.8, 4) is 5.75 Å². The van der Waals surface area contributed by atoms with E-state index in [0.29, 0.717) is 24.6 Å². The lowest BCUT2D eigenvalue weighted by molar-refractivity contribution is 0.306. The van der Waals surface area contributed by atoms with Crippen LogP contribution in [-0.4, -0.2) is 19.9 Å². The van der Waals surface area contributed by atoms with Gasteiger partial charge in [-0.15, -0.1) is 0 Å². The number of nitrogens with zero attached hydrogens (tertiary/aromatic N) is 2. The quantitative estimate of drug-likeness (QED) is 0.503. The van der Waals surface area contributed by atoms with Gasteiger partial charge in [-0.05, 0) is 60.7 Å². The minimum Gasteiger partial charge on any atom is -0.487 e. The predicted molar refractivity (Wildman–Crippen MR) is 120 cm³/mol. The van der Waals surface area contributed by atoms with Gasteiger partial charge < -0.3 is 4.74 Å². The zero-order chi connectivity index (χ0) is 21.7. The van der Waals surface area contributed by atoms with Crippen molar-refractivity contribution in [2.45, 2.75) is 39.3 Å². The molecule has 0 atom stereocenters. The highest BCUT2D eigenvalue weighted by atomic mass is 32.2. The SMILES string of the molecule is Cc1cc(OCc2ccccc2)c(N(CC(C)C)S(=O)(=O)c2ccccn2)cc1C. The third kappa shape index (κ3) is 5.00. The average molecular weight is 425 g/mol. The first-order valence-electron chi connectivity index (χ1n) is 10.0. The number of rotatable bonds is 8. The molecule has 0 spiro atoms. The number of pyridine rings is 1. The Labute approximate surface area is 179 Å². The van der Waals surface area contributed by atoms with E-state index in [1.165, 1.54) is 16.6 Å². The van der Waals surface area contributed by atoms with Crippen molar-refractivity contribution >= 4 is 15.7 Å². The predicted octanol–water partition coefficient (Wildman–Crippen LogP) is 5.13. The molecule has 158 valence electrons. The third-order valence-electron chi connectivity index (χ3n) is 4.80. The summed E-state index contributed by atoms with van der Waals surface area (Å²) in [5, 5.41) is 0.0258. The second-order valence-corrected chi connectivity index (χ2v) is 9.59. The van der Waals surface area contributed by atoms with Gasteiger partial charge in [0.05, 0.1) is 5.69 Å². The number of sulfonamides is 1. The molecule has 3 rings (SSSR count). The number of aromatic nitrogens is 1. The second-order valence-electron chi connectivity index (χ2n) is 7.78. The zero-order valence-electron chi connectivity index (χ0n) is 17.9. The van der Waals surface area contributed by atoms with Crippen molar-refractivity contribution in [1.82, 2.24) is 4.98 Å². The van der Waals surface area contributed by atoms with Crippen LogP contribution in [0.15, 0.2) is 71.9 Å². The number of benzene rings is 2. The lowest BCUT2D eigenvalue weighted by Gasteiger charge is -2.28. The van der Waals surface area contributed by atoms with Gasteiger partial charge in [-0.25, -0.2) is 4.98 Å². The molecular weight excluding hydrogens is 396 g/mol. The Bertz CT molecular complexity index is 1080. The Balaban J connectivity index is 2.07. The van der Waals surface area contributed by atoms with Crippen LogP contribution in [0.1, 0.15) is 30.5 Å². The Morgan fingerprint density at radius 1 is 0.967 bits per heavy atom. The average Bonchev–Trinajstić information content (AvgIpc) is 2.74. The van der Waals surface area contributed by atoms with Gasteiger partial charge in [0, 0.05) is 12.7 Å². The molecule has 0 aliphatic rings. The van der Waals surface area contributed by atoms with E-state index in [0.717, 1.165) is 16.7 Å². The van der Waals surface area contributed by atoms with E-state index in [-0.39, 0.29) is 10.9 Å².